The maximum Gasteiger partial charge on any atom is 0.227 e. The molecule has 1 amide bonds. The van der Waals surface area contributed by atoms with Crippen molar-refractivity contribution in [3.8, 4) is 0 Å². The molecule has 1 unspecified atom stereocenters. The van der Waals surface area contributed by atoms with Crippen molar-refractivity contribution in [1.82, 2.24) is 9.80 Å². The summed E-state index contributed by atoms with van der Waals surface area (Å²) in [4.78, 5) is 18.2. The highest BCUT2D eigenvalue weighted by molar-refractivity contribution is 7.99. The molecule has 1 aromatic heterocycles. The van der Waals surface area contributed by atoms with Crippen molar-refractivity contribution in [2.45, 2.75) is 25.3 Å². The van der Waals surface area contributed by atoms with E-state index >= 15 is 0 Å². The van der Waals surface area contributed by atoms with Crippen molar-refractivity contribution in [1.29, 1.82) is 0 Å². The van der Waals surface area contributed by atoms with Gasteiger partial charge in [-0.3, -0.25) is 9.69 Å². The Morgan fingerprint density at radius 2 is 2.25 bits per heavy atom. The largest absolute Gasteiger partial charge is 0.341 e. The zero-order chi connectivity index (χ0) is 13.8. The zero-order valence-electron chi connectivity index (χ0n) is 11.8. The van der Waals surface area contributed by atoms with Crippen LogP contribution in [0, 0.1) is 0 Å². The summed E-state index contributed by atoms with van der Waals surface area (Å²) in [6.07, 6.45) is 3.03. The molecule has 0 radical (unpaired) electrons. The van der Waals surface area contributed by atoms with E-state index in [1.807, 2.05) is 11.4 Å². The minimum atomic E-state index is 0.301. The van der Waals surface area contributed by atoms with Crippen LogP contribution in [-0.2, 0) is 11.2 Å². The molecule has 110 valence electrons. The fourth-order valence-corrected chi connectivity index (χ4v) is 4.99. The third-order valence-electron chi connectivity index (χ3n) is 4.21. The number of thiophene rings is 1. The maximum absolute atomic E-state index is 12.4. The maximum atomic E-state index is 12.4. The number of amides is 1. The molecule has 20 heavy (non-hydrogen) atoms. The van der Waals surface area contributed by atoms with Crippen LogP contribution < -0.4 is 0 Å². The fraction of sp³-hybridized carbons (Fsp3) is 0.667. The first-order valence-corrected chi connectivity index (χ1v) is 9.48. The van der Waals surface area contributed by atoms with Gasteiger partial charge in [-0.05, 0) is 30.0 Å². The van der Waals surface area contributed by atoms with Gasteiger partial charge in [-0.15, -0.1) is 11.3 Å². The molecular weight excluding hydrogens is 288 g/mol. The lowest BCUT2D eigenvalue weighted by Crippen LogP contribution is -2.39. The Hall–Kier alpha value is -0.520. The highest BCUT2D eigenvalue weighted by Crippen LogP contribution is 2.23. The predicted octanol–water partition coefficient (Wildman–Crippen LogP) is 2.33. The molecule has 1 aromatic rings. The number of carbonyl (C=O) groups excluding carboxylic acids is 1. The van der Waals surface area contributed by atoms with Gasteiger partial charge in [-0.25, -0.2) is 0 Å². The lowest BCUT2D eigenvalue weighted by Gasteiger charge is -2.26. The second kappa shape index (κ2) is 6.96. The van der Waals surface area contributed by atoms with Crippen LogP contribution in [0.3, 0.4) is 0 Å². The average molecular weight is 310 g/mol. The second-order valence-electron chi connectivity index (χ2n) is 5.54. The number of hydrogen-bond donors (Lipinski definition) is 0. The second-order valence-corrected chi connectivity index (χ2v) is 7.73. The Labute approximate surface area is 129 Å². The molecule has 0 saturated carbocycles. The summed E-state index contributed by atoms with van der Waals surface area (Å²) in [5.74, 6) is 2.89. The van der Waals surface area contributed by atoms with Gasteiger partial charge < -0.3 is 4.90 Å². The highest BCUT2D eigenvalue weighted by Gasteiger charge is 2.26. The SMILES string of the molecule is O=C(Cc1cccs1)N1CCCN(C2CCSC2)CC1. The fourth-order valence-electron chi connectivity index (χ4n) is 3.04. The van der Waals surface area contributed by atoms with Crippen LogP contribution in [0.25, 0.3) is 0 Å². The van der Waals surface area contributed by atoms with E-state index in [1.165, 1.54) is 22.8 Å². The van der Waals surface area contributed by atoms with Gasteiger partial charge in [0.2, 0.25) is 5.91 Å². The third-order valence-corrected chi connectivity index (χ3v) is 6.23. The molecule has 0 spiro atoms. The van der Waals surface area contributed by atoms with E-state index in [9.17, 15) is 4.79 Å². The summed E-state index contributed by atoms with van der Waals surface area (Å²) in [6, 6.07) is 4.84. The van der Waals surface area contributed by atoms with Gasteiger partial charge >= 0.3 is 0 Å². The standard InChI is InChI=1S/C15H22N2OS2/c18-15(11-14-3-1-9-20-14)17-6-2-5-16(7-8-17)13-4-10-19-12-13/h1,3,9,13H,2,4-8,10-12H2. The number of thioether (sulfide) groups is 1. The van der Waals surface area contributed by atoms with Gasteiger partial charge in [0.05, 0.1) is 6.42 Å². The van der Waals surface area contributed by atoms with Crippen molar-refractivity contribution in [3.63, 3.8) is 0 Å². The molecule has 2 saturated heterocycles. The van der Waals surface area contributed by atoms with Crippen molar-refractivity contribution >= 4 is 29.0 Å². The molecule has 5 heteroatoms. The molecule has 1 atom stereocenters. The number of carbonyl (C=O) groups is 1. The van der Waals surface area contributed by atoms with Crippen LogP contribution in [-0.4, -0.2) is 59.4 Å². The first kappa shape index (κ1) is 14.4. The molecule has 3 rings (SSSR count). The molecule has 2 aliphatic rings. The number of rotatable bonds is 3. The van der Waals surface area contributed by atoms with Gasteiger partial charge in [0, 0.05) is 42.9 Å². The van der Waals surface area contributed by atoms with E-state index in [2.05, 4.69) is 27.6 Å². The van der Waals surface area contributed by atoms with Crippen LogP contribution in [0.2, 0.25) is 0 Å². The molecular formula is C15H22N2OS2. The molecule has 0 bridgehead atoms. The third kappa shape index (κ3) is 3.57. The average Bonchev–Trinajstić information content (AvgIpc) is 3.09. The lowest BCUT2D eigenvalue weighted by atomic mass is 10.2. The summed E-state index contributed by atoms with van der Waals surface area (Å²) in [6.45, 7) is 4.06. The van der Waals surface area contributed by atoms with Crippen molar-refractivity contribution in [3.05, 3.63) is 22.4 Å². The Morgan fingerprint density at radius 1 is 1.30 bits per heavy atom. The summed E-state index contributed by atoms with van der Waals surface area (Å²) >= 11 is 3.75. The first-order valence-electron chi connectivity index (χ1n) is 7.45. The molecule has 2 fully saturated rings. The normalized spacial score (nSPS) is 24.8. The van der Waals surface area contributed by atoms with E-state index in [4.69, 9.17) is 0 Å². The summed E-state index contributed by atoms with van der Waals surface area (Å²) < 4.78 is 0. The van der Waals surface area contributed by atoms with Crippen LogP contribution >= 0.6 is 23.1 Å². The Kier molecular flexibility index (Phi) is 5.02. The Balaban J connectivity index is 1.52. The van der Waals surface area contributed by atoms with Gasteiger partial charge in [0.1, 0.15) is 0 Å². The van der Waals surface area contributed by atoms with E-state index in [1.54, 1.807) is 11.3 Å². The van der Waals surface area contributed by atoms with Crippen molar-refractivity contribution < 1.29 is 4.79 Å². The summed E-state index contributed by atoms with van der Waals surface area (Å²) in [7, 11) is 0. The van der Waals surface area contributed by atoms with Crippen LogP contribution in [0.15, 0.2) is 17.5 Å². The van der Waals surface area contributed by atoms with Crippen LogP contribution in [0.5, 0.6) is 0 Å². The highest BCUT2D eigenvalue weighted by atomic mass is 32.2. The molecule has 3 heterocycles. The van der Waals surface area contributed by atoms with Gasteiger partial charge in [0.25, 0.3) is 0 Å². The van der Waals surface area contributed by atoms with Crippen molar-refractivity contribution in [2.75, 3.05) is 37.7 Å². The van der Waals surface area contributed by atoms with E-state index in [0.717, 1.165) is 38.6 Å². The summed E-state index contributed by atoms with van der Waals surface area (Å²) in [5, 5.41) is 2.05. The zero-order valence-corrected chi connectivity index (χ0v) is 13.4. The first-order chi connectivity index (χ1) is 9.83. The van der Waals surface area contributed by atoms with Crippen LogP contribution in [0.1, 0.15) is 17.7 Å². The van der Waals surface area contributed by atoms with E-state index in [-0.39, 0.29) is 0 Å². The Bertz CT molecular complexity index is 429. The monoisotopic (exact) mass is 310 g/mol. The minimum Gasteiger partial charge on any atom is -0.341 e. The van der Waals surface area contributed by atoms with Crippen molar-refractivity contribution in [2.24, 2.45) is 0 Å². The molecule has 0 aromatic carbocycles. The van der Waals surface area contributed by atoms with E-state index < -0.39 is 0 Å². The van der Waals surface area contributed by atoms with Gasteiger partial charge in [-0.2, -0.15) is 11.8 Å². The van der Waals surface area contributed by atoms with Crippen LogP contribution in [0.4, 0.5) is 0 Å². The van der Waals surface area contributed by atoms with Gasteiger partial charge in [-0.1, -0.05) is 6.07 Å². The predicted molar refractivity (Wildman–Crippen MR) is 86.5 cm³/mol. The lowest BCUT2D eigenvalue weighted by molar-refractivity contribution is -0.130. The van der Waals surface area contributed by atoms with E-state index in [0.29, 0.717) is 12.3 Å². The molecule has 3 nitrogen and oxygen atoms in total. The van der Waals surface area contributed by atoms with Gasteiger partial charge in [0.15, 0.2) is 0 Å². The number of hydrogen-bond acceptors (Lipinski definition) is 4. The Morgan fingerprint density at radius 3 is 3.00 bits per heavy atom. The number of nitrogens with zero attached hydrogens (tertiary/aromatic N) is 2. The molecule has 2 aliphatic heterocycles. The quantitative estimate of drug-likeness (QED) is 0.856. The topological polar surface area (TPSA) is 23.6 Å². The molecule has 0 N–H and O–H groups in total. The summed E-state index contributed by atoms with van der Waals surface area (Å²) in [5.41, 5.74) is 0. The minimum absolute atomic E-state index is 0.301. The smallest absolute Gasteiger partial charge is 0.227 e. The molecule has 0 aliphatic carbocycles.